The molecule has 282 valence electrons. The third-order valence-electron chi connectivity index (χ3n) is 8.66. The summed E-state index contributed by atoms with van der Waals surface area (Å²) in [4.78, 5) is 30.5. The quantitative estimate of drug-likeness (QED) is 0.0601. The summed E-state index contributed by atoms with van der Waals surface area (Å²) in [5.41, 5.74) is 8.34. The summed E-state index contributed by atoms with van der Waals surface area (Å²) in [6, 6.07) is 14.7. The fourth-order valence-corrected chi connectivity index (χ4v) is 5.86. The molecule has 1 aliphatic rings. The van der Waals surface area contributed by atoms with Crippen LogP contribution in [0.25, 0.3) is 22.3 Å². The van der Waals surface area contributed by atoms with Crippen LogP contribution in [0.5, 0.6) is 23.0 Å². The average molecular weight is 759 g/mol. The van der Waals surface area contributed by atoms with Crippen LogP contribution < -0.4 is 31.6 Å². The molecule has 0 fully saturated rings. The highest BCUT2D eigenvalue weighted by Crippen LogP contribution is 2.44. The summed E-state index contributed by atoms with van der Waals surface area (Å²) in [6.45, 7) is 1.64. The zero-order chi connectivity index (χ0) is 40.7. The van der Waals surface area contributed by atoms with E-state index in [0.717, 1.165) is 24.3 Å². The van der Waals surface area contributed by atoms with Crippen LogP contribution in [-0.2, 0) is 0 Å². The van der Waals surface area contributed by atoms with Gasteiger partial charge in [0.15, 0.2) is 29.1 Å². The van der Waals surface area contributed by atoms with Crippen LogP contribution in [0.15, 0.2) is 69.8 Å². The minimum absolute atomic E-state index is 0.0477. The van der Waals surface area contributed by atoms with E-state index in [-0.39, 0.29) is 62.7 Å². The van der Waals surface area contributed by atoms with Crippen molar-refractivity contribution in [3.8, 4) is 69.7 Å². The summed E-state index contributed by atoms with van der Waals surface area (Å²) in [6.07, 6.45) is 6.73. The average Bonchev–Trinajstić information content (AvgIpc) is 3.94. The number of phenols is 1. The minimum Gasteiger partial charge on any atom is -0.507 e. The molecule has 5 rings (SSSR count). The Morgan fingerprint density at radius 3 is 2.27 bits per heavy atom. The molecule has 1 aliphatic heterocycles. The third-order valence-corrected chi connectivity index (χ3v) is 8.66. The van der Waals surface area contributed by atoms with E-state index in [2.05, 4.69) is 31.8 Å². The predicted molar refractivity (Wildman–Crippen MR) is 200 cm³/mol. The Kier molecular flexibility index (Phi) is 11.6. The number of terminal acetylenes is 1. The van der Waals surface area contributed by atoms with Crippen LogP contribution in [0, 0.1) is 59.0 Å². The number of benzene rings is 4. The van der Waals surface area contributed by atoms with Crippen LogP contribution in [0.1, 0.15) is 56.7 Å². The number of hydrogen-bond donors (Lipinski definition) is 6. The Bertz CT molecular complexity index is 2470. The standard InChI is InChI=1S/C39H32F2N10O5/c1-4-5-13-39(50-51-39)14-15-47-38(46)49-36(54)34-28(12-10-22(19-43)31(34)23-7-6-8-25(40)20(23)2)56-30-17-26(41)24(16-29(30)55-3)32-21(18-42)9-11-27(52)33(32)35(53)48-37(44)45/h1,6-12,16-17,52H,5,13-15H2,2-3H3,(H4,44,45,48,53)(H3,46,47,49,54). The monoisotopic (exact) mass is 758 g/mol. The van der Waals surface area contributed by atoms with Gasteiger partial charge >= 0.3 is 0 Å². The highest BCUT2D eigenvalue weighted by Gasteiger charge is 2.38. The van der Waals surface area contributed by atoms with Gasteiger partial charge in [-0.05, 0) is 54.4 Å². The molecule has 0 aliphatic carbocycles. The normalized spacial score (nSPS) is 11.9. The molecule has 4 aromatic carbocycles. The van der Waals surface area contributed by atoms with Crippen LogP contribution >= 0.6 is 0 Å². The van der Waals surface area contributed by atoms with Gasteiger partial charge in [0.1, 0.15) is 23.1 Å². The molecule has 0 saturated heterocycles. The number of aromatic hydroxyl groups is 1. The van der Waals surface area contributed by atoms with Crippen molar-refractivity contribution in [1.29, 1.82) is 15.9 Å². The summed E-state index contributed by atoms with van der Waals surface area (Å²) in [7, 11) is 1.21. The SMILES string of the molecule is C#CCCC1(CCNC(=N)NC(=O)c2c(Oc3cc(F)c(-c4c(C#N)ccc(O)c4C(=O)N=C(N)N)cc3OC)ccc(C#N)c2-c2cccc(F)c2C)N=N1. The number of hydrogen-bond acceptors (Lipinski definition) is 10. The molecule has 2 amide bonds. The number of guanidine groups is 2. The van der Waals surface area contributed by atoms with Gasteiger partial charge < -0.3 is 31.4 Å². The predicted octanol–water partition coefficient (Wildman–Crippen LogP) is 5.49. The Hall–Kier alpha value is -7.84. The molecule has 17 heteroatoms. The smallest absolute Gasteiger partial charge is 0.284 e. The lowest BCUT2D eigenvalue weighted by Crippen LogP contribution is -2.41. The number of amides is 2. The van der Waals surface area contributed by atoms with E-state index in [1.54, 1.807) is 0 Å². The van der Waals surface area contributed by atoms with Crippen molar-refractivity contribution >= 4 is 23.7 Å². The van der Waals surface area contributed by atoms with E-state index in [1.807, 2.05) is 12.1 Å². The van der Waals surface area contributed by atoms with Crippen molar-refractivity contribution in [2.24, 2.45) is 26.7 Å². The molecule has 4 aromatic rings. The van der Waals surface area contributed by atoms with Gasteiger partial charge in [0.05, 0.1) is 41.5 Å². The first-order chi connectivity index (χ1) is 26.8. The van der Waals surface area contributed by atoms with Crippen LogP contribution in [0.4, 0.5) is 8.78 Å². The second kappa shape index (κ2) is 16.4. The summed E-state index contributed by atoms with van der Waals surface area (Å²) in [5, 5.41) is 52.3. The third kappa shape index (κ3) is 8.20. The van der Waals surface area contributed by atoms with E-state index < -0.39 is 57.9 Å². The maximum atomic E-state index is 16.2. The topological polar surface area (TPSA) is 257 Å². The first kappa shape index (κ1) is 39.4. The number of carbonyl (C=O) groups is 2. The Labute approximate surface area is 318 Å². The van der Waals surface area contributed by atoms with Crippen LogP contribution in [0.2, 0.25) is 0 Å². The number of ether oxygens (including phenoxy) is 2. The first-order valence-electron chi connectivity index (χ1n) is 16.6. The van der Waals surface area contributed by atoms with Gasteiger partial charge in [-0.2, -0.15) is 25.7 Å². The number of rotatable bonds is 12. The molecule has 15 nitrogen and oxygen atoms in total. The molecule has 0 bridgehead atoms. The van der Waals surface area contributed by atoms with Gasteiger partial charge in [-0.3, -0.25) is 20.3 Å². The number of halogens is 2. The molecule has 56 heavy (non-hydrogen) atoms. The highest BCUT2D eigenvalue weighted by atomic mass is 19.1. The fraction of sp³-hybridized carbons (Fsp3) is 0.179. The first-order valence-corrected chi connectivity index (χ1v) is 16.6. The largest absolute Gasteiger partial charge is 0.507 e. The molecule has 1 heterocycles. The number of nitrogens with one attached hydrogen (secondary N) is 3. The van der Waals surface area contributed by atoms with Gasteiger partial charge in [0.2, 0.25) is 0 Å². The number of carbonyl (C=O) groups excluding carboxylic acids is 2. The van der Waals surface area contributed by atoms with Crippen molar-refractivity contribution in [2.45, 2.75) is 31.8 Å². The van der Waals surface area contributed by atoms with Crippen LogP contribution in [-0.4, -0.2) is 48.2 Å². The lowest BCUT2D eigenvalue weighted by molar-refractivity contribution is 0.0971. The van der Waals surface area contributed by atoms with Gasteiger partial charge in [0.25, 0.3) is 11.8 Å². The van der Waals surface area contributed by atoms with Gasteiger partial charge in [-0.1, -0.05) is 12.1 Å². The molecule has 0 spiro atoms. The molecule has 0 radical (unpaired) electrons. The zero-order valence-corrected chi connectivity index (χ0v) is 29.8. The van der Waals surface area contributed by atoms with Crippen molar-refractivity contribution in [2.75, 3.05) is 13.7 Å². The molecule has 0 atom stereocenters. The summed E-state index contributed by atoms with van der Waals surface area (Å²) >= 11 is 0. The number of nitrogens with two attached hydrogens (primary N) is 2. The molecular formula is C39H32F2N10O5. The number of nitrogens with zero attached hydrogens (tertiary/aromatic N) is 5. The van der Waals surface area contributed by atoms with E-state index in [9.17, 15) is 29.6 Å². The van der Waals surface area contributed by atoms with Crippen molar-refractivity contribution < 1.29 is 33.0 Å². The van der Waals surface area contributed by atoms with E-state index in [4.69, 9.17) is 32.8 Å². The summed E-state index contributed by atoms with van der Waals surface area (Å²) < 4.78 is 42.8. The van der Waals surface area contributed by atoms with Crippen molar-refractivity contribution in [3.63, 3.8) is 0 Å². The Balaban J connectivity index is 1.60. The van der Waals surface area contributed by atoms with E-state index in [1.165, 1.54) is 44.4 Å². The number of aliphatic imine (C=N–C) groups is 1. The minimum atomic E-state index is -1.16. The number of nitriles is 2. The second-order valence-electron chi connectivity index (χ2n) is 12.2. The van der Waals surface area contributed by atoms with Crippen molar-refractivity contribution in [3.05, 3.63) is 94.0 Å². The van der Waals surface area contributed by atoms with E-state index in [0.29, 0.717) is 19.3 Å². The van der Waals surface area contributed by atoms with Crippen molar-refractivity contribution in [1.82, 2.24) is 10.6 Å². The fourth-order valence-electron chi connectivity index (χ4n) is 5.86. The number of phenolic OH excluding ortho intramolecular Hbond substituents is 1. The lowest BCUT2D eigenvalue weighted by atomic mass is 9.90. The maximum absolute atomic E-state index is 16.2. The second-order valence-corrected chi connectivity index (χ2v) is 12.2. The molecule has 0 saturated carbocycles. The highest BCUT2D eigenvalue weighted by molar-refractivity contribution is 6.11. The van der Waals surface area contributed by atoms with E-state index >= 15 is 4.39 Å². The zero-order valence-electron chi connectivity index (χ0n) is 29.8. The van der Waals surface area contributed by atoms with Crippen LogP contribution in [0.3, 0.4) is 0 Å². The summed E-state index contributed by atoms with van der Waals surface area (Å²) in [5.74, 6) is -3.80. The molecule has 0 aromatic heterocycles. The van der Waals surface area contributed by atoms with Gasteiger partial charge in [-0.25, -0.2) is 8.78 Å². The molecule has 8 N–H and O–H groups in total. The van der Waals surface area contributed by atoms with Gasteiger partial charge in [0, 0.05) is 48.6 Å². The Morgan fingerprint density at radius 2 is 1.64 bits per heavy atom. The molecular weight excluding hydrogens is 726 g/mol. The Morgan fingerprint density at radius 1 is 0.964 bits per heavy atom. The maximum Gasteiger partial charge on any atom is 0.284 e. The van der Waals surface area contributed by atoms with Gasteiger partial charge in [-0.15, -0.1) is 12.3 Å². The molecule has 0 unspecified atom stereocenters. The lowest BCUT2D eigenvalue weighted by Gasteiger charge is -2.20. The number of methoxy groups -OCH3 is 1.